The Morgan fingerprint density at radius 2 is 1.86 bits per heavy atom. The molecular formula is C16H25BrN3O2+. The second kappa shape index (κ2) is 9.58. The normalized spacial score (nSPS) is 12.0. The summed E-state index contributed by atoms with van der Waals surface area (Å²) in [6, 6.07) is 7.85. The molecule has 0 radical (unpaired) electrons. The van der Waals surface area contributed by atoms with Crippen LogP contribution < -0.4 is 16.0 Å². The molecule has 0 bridgehead atoms. The number of urea groups is 1. The summed E-state index contributed by atoms with van der Waals surface area (Å²) < 4.78 is 1.03. The van der Waals surface area contributed by atoms with Crippen LogP contribution in [0.4, 0.5) is 4.79 Å². The van der Waals surface area contributed by atoms with Gasteiger partial charge in [0.05, 0.1) is 0 Å². The first kappa shape index (κ1) is 18.6. The van der Waals surface area contributed by atoms with Crippen LogP contribution in [0.3, 0.4) is 0 Å². The van der Waals surface area contributed by atoms with Gasteiger partial charge in [0.25, 0.3) is 5.91 Å². The molecule has 3 amide bonds. The van der Waals surface area contributed by atoms with Crippen LogP contribution in [-0.4, -0.2) is 25.0 Å². The second-order valence-corrected chi connectivity index (χ2v) is 6.57. The molecule has 1 aromatic rings. The Morgan fingerprint density at radius 1 is 1.23 bits per heavy atom. The van der Waals surface area contributed by atoms with Gasteiger partial charge in [-0.2, -0.15) is 0 Å². The number of benzene rings is 1. The van der Waals surface area contributed by atoms with E-state index in [0.717, 1.165) is 10.9 Å². The lowest BCUT2D eigenvalue weighted by Crippen LogP contribution is -2.87. The van der Waals surface area contributed by atoms with Crippen molar-refractivity contribution in [3.8, 4) is 0 Å². The van der Waals surface area contributed by atoms with Crippen molar-refractivity contribution >= 4 is 27.9 Å². The number of hydrogen-bond donors (Lipinski definition) is 3. The Bertz CT molecular complexity index is 489. The molecule has 0 saturated heterocycles. The molecule has 0 fully saturated rings. The highest BCUT2D eigenvalue weighted by Gasteiger charge is 2.16. The number of nitrogens with two attached hydrogens (primary N) is 1. The molecule has 6 heteroatoms. The molecule has 22 heavy (non-hydrogen) atoms. The molecule has 0 aliphatic carbocycles. The first-order chi connectivity index (χ1) is 10.4. The highest BCUT2D eigenvalue weighted by Crippen LogP contribution is 2.16. The Balaban J connectivity index is 2.41. The van der Waals surface area contributed by atoms with Crippen LogP contribution in [0, 0.1) is 5.92 Å². The molecule has 0 saturated carbocycles. The highest BCUT2D eigenvalue weighted by atomic mass is 79.9. The molecule has 0 aliphatic heterocycles. The van der Waals surface area contributed by atoms with Crippen molar-refractivity contribution in [3.63, 3.8) is 0 Å². The van der Waals surface area contributed by atoms with E-state index in [1.54, 1.807) is 0 Å². The number of halogens is 1. The van der Waals surface area contributed by atoms with Gasteiger partial charge in [-0.3, -0.25) is 10.1 Å². The van der Waals surface area contributed by atoms with Crippen LogP contribution in [0.1, 0.15) is 38.8 Å². The van der Waals surface area contributed by atoms with Gasteiger partial charge in [-0.25, -0.2) is 4.79 Å². The van der Waals surface area contributed by atoms with Crippen LogP contribution >= 0.6 is 15.9 Å². The summed E-state index contributed by atoms with van der Waals surface area (Å²) in [5.74, 6) is 0.0751. The summed E-state index contributed by atoms with van der Waals surface area (Å²) in [6.07, 6.45) is 0.911. The van der Waals surface area contributed by atoms with Gasteiger partial charge in [0.1, 0.15) is 6.04 Å². The van der Waals surface area contributed by atoms with Gasteiger partial charge >= 0.3 is 6.03 Å². The van der Waals surface area contributed by atoms with Gasteiger partial charge in [0.15, 0.2) is 6.54 Å². The zero-order valence-electron chi connectivity index (χ0n) is 13.4. The van der Waals surface area contributed by atoms with Crippen LogP contribution in [0.2, 0.25) is 0 Å². The highest BCUT2D eigenvalue weighted by molar-refractivity contribution is 9.10. The maximum Gasteiger partial charge on any atom is 0.321 e. The summed E-state index contributed by atoms with van der Waals surface area (Å²) in [6.45, 7) is 6.86. The number of carbonyl (C=O) groups excluding carboxylic acids is 2. The molecule has 0 unspecified atom stereocenters. The predicted octanol–water partition coefficient (Wildman–Crippen LogP) is 1.95. The van der Waals surface area contributed by atoms with E-state index in [1.807, 2.05) is 43.4 Å². The number of nitrogens with one attached hydrogen (secondary N) is 2. The average Bonchev–Trinajstić information content (AvgIpc) is 2.47. The Hall–Kier alpha value is -1.40. The van der Waals surface area contributed by atoms with Crippen molar-refractivity contribution < 1.29 is 14.9 Å². The SMILES string of the molecule is CC[C@@H]([NH2+]CC(=O)NC(=O)NCC(C)C)c1ccc(Br)cc1. The van der Waals surface area contributed by atoms with Crippen molar-refractivity contribution in [3.05, 3.63) is 34.3 Å². The first-order valence-electron chi connectivity index (χ1n) is 7.58. The molecule has 5 nitrogen and oxygen atoms in total. The van der Waals surface area contributed by atoms with E-state index in [9.17, 15) is 9.59 Å². The zero-order chi connectivity index (χ0) is 16.5. The minimum absolute atomic E-state index is 0.206. The van der Waals surface area contributed by atoms with E-state index in [4.69, 9.17) is 0 Å². The lowest BCUT2D eigenvalue weighted by atomic mass is 10.0. The van der Waals surface area contributed by atoms with E-state index in [2.05, 4.69) is 33.5 Å². The predicted molar refractivity (Wildman–Crippen MR) is 90.3 cm³/mol. The topological polar surface area (TPSA) is 74.8 Å². The van der Waals surface area contributed by atoms with Crippen molar-refractivity contribution in [1.29, 1.82) is 0 Å². The minimum Gasteiger partial charge on any atom is -0.338 e. The van der Waals surface area contributed by atoms with E-state index < -0.39 is 6.03 Å². The molecule has 0 aliphatic rings. The quantitative estimate of drug-likeness (QED) is 0.685. The van der Waals surface area contributed by atoms with E-state index in [1.165, 1.54) is 5.56 Å². The van der Waals surface area contributed by atoms with Crippen LogP contribution in [-0.2, 0) is 4.79 Å². The third-order valence-electron chi connectivity index (χ3n) is 3.25. The van der Waals surface area contributed by atoms with Gasteiger partial charge in [-0.1, -0.05) is 48.8 Å². The van der Waals surface area contributed by atoms with Crippen LogP contribution in [0.25, 0.3) is 0 Å². The van der Waals surface area contributed by atoms with Crippen LogP contribution in [0.15, 0.2) is 28.7 Å². The minimum atomic E-state index is -0.427. The number of carbonyl (C=O) groups is 2. The van der Waals surface area contributed by atoms with Crippen molar-refractivity contribution in [2.75, 3.05) is 13.1 Å². The smallest absolute Gasteiger partial charge is 0.321 e. The Kier molecular flexibility index (Phi) is 8.12. The van der Waals surface area contributed by atoms with Gasteiger partial charge in [-0.15, -0.1) is 0 Å². The Labute approximate surface area is 140 Å². The molecular weight excluding hydrogens is 346 g/mol. The van der Waals surface area contributed by atoms with Crippen molar-refractivity contribution in [2.45, 2.75) is 33.2 Å². The third kappa shape index (κ3) is 7.04. The van der Waals surface area contributed by atoms with Gasteiger partial charge in [0.2, 0.25) is 0 Å². The molecule has 1 aromatic carbocycles. The molecule has 0 spiro atoms. The number of imide groups is 1. The molecule has 1 rings (SSSR count). The van der Waals surface area contributed by atoms with E-state index in [-0.39, 0.29) is 18.5 Å². The number of amides is 3. The van der Waals surface area contributed by atoms with Crippen molar-refractivity contribution in [2.24, 2.45) is 5.92 Å². The average molecular weight is 371 g/mol. The fourth-order valence-electron chi connectivity index (χ4n) is 2.02. The molecule has 0 aromatic heterocycles. The van der Waals surface area contributed by atoms with Gasteiger partial charge in [0, 0.05) is 23.0 Å². The fourth-order valence-corrected chi connectivity index (χ4v) is 2.28. The summed E-state index contributed by atoms with van der Waals surface area (Å²) in [5, 5.41) is 6.96. The molecule has 1 atom stereocenters. The van der Waals surface area contributed by atoms with E-state index in [0.29, 0.717) is 12.5 Å². The Morgan fingerprint density at radius 3 is 2.41 bits per heavy atom. The van der Waals surface area contributed by atoms with Gasteiger partial charge in [-0.05, 0) is 18.1 Å². The monoisotopic (exact) mass is 370 g/mol. The summed E-state index contributed by atoms with van der Waals surface area (Å²) >= 11 is 3.41. The maximum atomic E-state index is 11.8. The fraction of sp³-hybridized carbons (Fsp3) is 0.500. The number of rotatable bonds is 7. The second-order valence-electron chi connectivity index (χ2n) is 5.66. The molecule has 4 N–H and O–H groups in total. The van der Waals surface area contributed by atoms with E-state index >= 15 is 0 Å². The summed E-state index contributed by atoms with van der Waals surface area (Å²) in [4.78, 5) is 23.3. The lowest BCUT2D eigenvalue weighted by molar-refractivity contribution is -0.686. The number of hydrogen-bond acceptors (Lipinski definition) is 2. The molecule has 122 valence electrons. The first-order valence-corrected chi connectivity index (χ1v) is 8.38. The maximum absolute atomic E-state index is 11.8. The zero-order valence-corrected chi connectivity index (χ0v) is 14.9. The summed E-state index contributed by atoms with van der Waals surface area (Å²) in [5.41, 5.74) is 1.17. The van der Waals surface area contributed by atoms with Crippen molar-refractivity contribution in [1.82, 2.24) is 10.6 Å². The lowest BCUT2D eigenvalue weighted by Gasteiger charge is -2.14. The standard InChI is InChI=1S/C16H24BrN3O2/c1-4-14(12-5-7-13(17)8-6-12)18-10-15(21)20-16(22)19-9-11(2)3/h5-8,11,14,18H,4,9-10H2,1-3H3,(H2,19,20,21,22)/p+1/t14-/m1/s1. The summed E-state index contributed by atoms with van der Waals surface area (Å²) in [7, 11) is 0. The third-order valence-corrected chi connectivity index (χ3v) is 3.78. The number of quaternary nitrogens is 1. The largest absolute Gasteiger partial charge is 0.338 e. The van der Waals surface area contributed by atoms with Gasteiger partial charge < -0.3 is 10.6 Å². The van der Waals surface area contributed by atoms with Crippen LogP contribution in [0.5, 0.6) is 0 Å². The molecule has 0 heterocycles.